The highest BCUT2D eigenvalue weighted by atomic mass is 14.4. The molecule has 492 valence electrons. The molecule has 0 bridgehead atoms. The van der Waals surface area contributed by atoms with E-state index >= 15 is 0 Å². The van der Waals surface area contributed by atoms with Gasteiger partial charge in [0.25, 0.3) is 0 Å². The molecule has 0 saturated heterocycles. The summed E-state index contributed by atoms with van der Waals surface area (Å²) in [6, 6.07) is 20.3. The average molecular weight is 1200 g/mol. The number of aryl methyl sites for hydroxylation is 8. The summed E-state index contributed by atoms with van der Waals surface area (Å²) in [5, 5.41) is 0. The molecule has 4 aromatic carbocycles. The molecule has 0 heterocycles. The summed E-state index contributed by atoms with van der Waals surface area (Å²) in [6.45, 7) is 37.9. The van der Waals surface area contributed by atoms with Crippen molar-refractivity contribution in [3.8, 4) is 0 Å². The van der Waals surface area contributed by atoms with Gasteiger partial charge in [-0.3, -0.25) is 0 Å². The smallest absolute Gasteiger partial charge is 0.00751 e. The highest BCUT2D eigenvalue weighted by molar-refractivity contribution is 5.46. The van der Waals surface area contributed by atoms with Crippen LogP contribution in [0.5, 0.6) is 0 Å². The van der Waals surface area contributed by atoms with E-state index in [1.54, 1.807) is 77.9 Å². The molecular formula is C88H140. The zero-order valence-corrected chi connectivity index (χ0v) is 61.1. The van der Waals surface area contributed by atoms with E-state index < -0.39 is 0 Å². The van der Waals surface area contributed by atoms with Gasteiger partial charge in [0.2, 0.25) is 0 Å². The molecule has 88 heavy (non-hydrogen) atoms. The first-order valence-electron chi connectivity index (χ1n) is 38.7. The van der Waals surface area contributed by atoms with Crippen molar-refractivity contribution in [2.75, 3.05) is 0 Å². The van der Waals surface area contributed by atoms with E-state index in [0.717, 1.165) is 47.3 Å². The first-order valence-corrected chi connectivity index (χ1v) is 38.7. The minimum absolute atomic E-state index is 0.308. The first-order chi connectivity index (χ1) is 42.2. The normalized spacial score (nSPS) is 20.0. The van der Waals surface area contributed by atoms with Crippen LogP contribution in [0.4, 0.5) is 0 Å². The summed E-state index contributed by atoms with van der Waals surface area (Å²) >= 11 is 0. The van der Waals surface area contributed by atoms with Crippen LogP contribution in [-0.4, -0.2) is 0 Å². The predicted octanol–water partition coefficient (Wildman–Crippen LogP) is 27.9. The SMILES string of the molecule is CCC(C)(CCCC(C)C)c1cc(C)c(C(C)(CC)CCCC(C)C)cc1C.Cc1cc(C2CCCC2)c(C)cc1C1CCCC1.Cc1cc(C2CCCCC2)c(C)cc1C1CCCCC1.Cc1cc(CC2CCCCC2)c(C)cc1CC1CCCCC1. The molecule has 6 aliphatic carbocycles. The molecule has 0 amide bonds. The maximum absolute atomic E-state index is 2.56. The average Bonchev–Trinajstić information content (AvgIpc) is 2.18. The van der Waals surface area contributed by atoms with Gasteiger partial charge in [-0.1, -0.05) is 258 Å². The Balaban J connectivity index is 0.000000169. The molecule has 0 spiro atoms. The van der Waals surface area contributed by atoms with Gasteiger partial charge in [-0.25, -0.2) is 0 Å². The molecule has 0 nitrogen and oxygen atoms in total. The molecule has 2 atom stereocenters. The molecule has 2 unspecified atom stereocenters. The van der Waals surface area contributed by atoms with Gasteiger partial charge >= 0.3 is 0 Å². The van der Waals surface area contributed by atoms with E-state index in [0.29, 0.717) is 10.8 Å². The van der Waals surface area contributed by atoms with E-state index in [1.807, 2.05) is 0 Å². The van der Waals surface area contributed by atoms with E-state index in [9.17, 15) is 0 Å². The third kappa shape index (κ3) is 20.9. The van der Waals surface area contributed by atoms with Gasteiger partial charge in [-0.2, -0.15) is 0 Å². The lowest BCUT2D eigenvalue weighted by Crippen LogP contribution is -2.26. The fraction of sp³-hybridized carbons (Fsp3) is 0.727. The highest BCUT2D eigenvalue weighted by Crippen LogP contribution is 2.45. The third-order valence-corrected chi connectivity index (χ3v) is 24.7. The zero-order valence-electron chi connectivity index (χ0n) is 61.1. The van der Waals surface area contributed by atoms with Crippen LogP contribution in [0.3, 0.4) is 0 Å². The van der Waals surface area contributed by atoms with Crippen LogP contribution in [0, 0.1) is 79.1 Å². The van der Waals surface area contributed by atoms with Crippen molar-refractivity contribution in [1.82, 2.24) is 0 Å². The number of hydrogen-bond acceptors (Lipinski definition) is 0. The lowest BCUT2D eigenvalue weighted by molar-refractivity contribution is 0.354. The Kier molecular flexibility index (Phi) is 29.4. The Labute approximate surface area is 547 Å². The first kappa shape index (κ1) is 72.3. The van der Waals surface area contributed by atoms with Gasteiger partial charge in [-0.15, -0.1) is 0 Å². The topological polar surface area (TPSA) is 0 Å². The summed E-state index contributed by atoms with van der Waals surface area (Å²) in [4.78, 5) is 0. The summed E-state index contributed by atoms with van der Waals surface area (Å²) in [7, 11) is 0. The summed E-state index contributed by atoms with van der Waals surface area (Å²) < 4.78 is 0. The summed E-state index contributed by atoms with van der Waals surface area (Å²) in [6.07, 6.45) is 53.5. The van der Waals surface area contributed by atoms with E-state index in [4.69, 9.17) is 0 Å². The second-order valence-electron chi connectivity index (χ2n) is 32.8. The maximum atomic E-state index is 2.56. The molecule has 6 saturated carbocycles. The Morgan fingerprint density at radius 2 is 0.568 bits per heavy atom. The minimum atomic E-state index is 0.308. The van der Waals surface area contributed by atoms with Crippen molar-refractivity contribution in [2.45, 2.75) is 389 Å². The van der Waals surface area contributed by atoms with Gasteiger partial charge < -0.3 is 0 Å². The molecule has 6 aliphatic rings. The fourth-order valence-electron chi connectivity index (χ4n) is 18.5. The van der Waals surface area contributed by atoms with Crippen molar-refractivity contribution in [2.24, 2.45) is 23.7 Å². The fourth-order valence-corrected chi connectivity index (χ4v) is 18.5. The lowest BCUT2D eigenvalue weighted by atomic mass is 9.69. The molecule has 6 fully saturated rings. The molecule has 0 N–H and O–H groups in total. The number of hydrogen-bond donors (Lipinski definition) is 0. The molecule has 0 aromatic heterocycles. The quantitative estimate of drug-likeness (QED) is 0.0827. The zero-order chi connectivity index (χ0) is 63.4. The number of benzene rings is 4. The standard InChI is InChI=1S/C28H50.C22H34.C20H30.C18H26/c1-11-27(9,17-13-15-21(3)4)25-19-24(8)26(20-23(25)7)28(10,12-2)18-14-16-22(5)6;1-17-13-22(16-20-11-7-4-8-12-20)18(2)14-21(17)15-19-9-5-3-6-10-19;1-15-13-20(18-11-7-4-8-12-18)16(2)14-19(15)17-9-5-3-6-10-17;1-13-11-18(16-9-5-6-10-16)14(2)12-17(13)15-7-3-4-8-15/h19-22H,11-18H2,1-10H3;13-14,19-20H,3-12,15-16H2,1-2H3;13-14,17-18H,3-12H2,1-2H3;11-12,15-16H,3-10H2,1-2H3. The van der Waals surface area contributed by atoms with E-state index in [1.165, 1.54) is 255 Å². The monoisotopic (exact) mass is 1200 g/mol. The molecule has 4 aromatic rings. The van der Waals surface area contributed by atoms with Crippen LogP contribution in [-0.2, 0) is 23.7 Å². The van der Waals surface area contributed by atoms with E-state index in [2.05, 4.69) is 159 Å². The summed E-state index contributed by atoms with van der Waals surface area (Å²) in [5.74, 6) is 6.95. The van der Waals surface area contributed by atoms with Crippen molar-refractivity contribution < 1.29 is 0 Å². The second-order valence-corrected chi connectivity index (χ2v) is 32.8. The molecule has 0 heteroatoms. The Morgan fingerprint density at radius 3 is 0.818 bits per heavy atom. The van der Waals surface area contributed by atoms with E-state index in [-0.39, 0.29) is 0 Å². The van der Waals surface area contributed by atoms with Crippen molar-refractivity contribution in [3.63, 3.8) is 0 Å². The van der Waals surface area contributed by atoms with Crippen LogP contribution in [0.15, 0.2) is 48.5 Å². The van der Waals surface area contributed by atoms with Crippen LogP contribution >= 0.6 is 0 Å². The third-order valence-electron chi connectivity index (χ3n) is 24.7. The van der Waals surface area contributed by atoms with Crippen LogP contribution < -0.4 is 0 Å². The van der Waals surface area contributed by atoms with Gasteiger partial charge in [0, 0.05) is 0 Å². The second kappa shape index (κ2) is 35.8. The van der Waals surface area contributed by atoms with Gasteiger partial charge in [-0.05, 0) is 292 Å². The lowest BCUT2D eigenvalue weighted by Gasteiger charge is -2.35. The molecule has 10 rings (SSSR count). The Bertz CT molecular complexity index is 2480. The number of rotatable bonds is 20. The van der Waals surface area contributed by atoms with Gasteiger partial charge in [0.1, 0.15) is 0 Å². The highest BCUT2D eigenvalue weighted by Gasteiger charge is 2.32. The maximum Gasteiger partial charge on any atom is -0.00751 e. The largest absolute Gasteiger partial charge is 0.0645 e. The van der Waals surface area contributed by atoms with Crippen LogP contribution in [0.1, 0.15) is 399 Å². The molecule has 0 aliphatic heterocycles. The van der Waals surface area contributed by atoms with Gasteiger partial charge in [0.15, 0.2) is 0 Å². The Morgan fingerprint density at radius 1 is 0.318 bits per heavy atom. The molecule has 0 radical (unpaired) electrons. The predicted molar refractivity (Wildman–Crippen MR) is 391 cm³/mol. The molecular weight excluding hydrogens is 1060 g/mol. The van der Waals surface area contributed by atoms with Crippen LogP contribution in [0.2, 0.25) is 0 Å². The van der Waals surface area contributed by atoms with Crippen molar-refractivity contribution >= 4 is 0 Å². The Hall–Kier alpha value is -3.12. The van der Waals surface area contributed by atoms with Crippen LogP contribution in [0.25, 0.3) is 0 Å². The minimum Gasteiger partial charge on any atom is -0.0645 e. The summed E-state index contributed by atoms with van der Waals surface area (Å²) in [5.41, 5.74) is 26.2. The van der Waals surface area contributed by atoms with Crippen molar-refractivity contribution in [3.05, 3.63) is 138 Å². The van der Waals surface area contributed by atoms with Gasteiger partial charge in [0.05, 0.1) is 0 Å². The van der Waals surface area contributed by atoms with Crippen molar-refractivity contribution in [1.29, 1.82) is 0 Å².